The minimum Gasteiger partial charge on any atom is -0.308 e. The maximum atomic E-state index is 4.29. The van der Waals surface area contributed by atoms with Gasteiger partial charge < -0.3 is 5.32 Å². The molecular formula is C14H17BrN2S2. The molecule has 0 saturated carbocycles. The number of halogens is 1. The number of benzene rings is 1. The molecule has 5 heteroatoms. The molecule has 19 heavy (non-hydrogen) atoms. The molecule has 0 saturated heterocycles. The van der Waals surface area contributed by atoms with E-state index in [0.717, 1.165) is 15.4 Å². The molecule has 0 atom stereocenters. The molecule has 2 nitrogen and oxygen atoms in total. The van der Waals surface area contributed by atoms with Crippen LogP contribution in [-0.4, -0.2) is 10.5 Å². The van der Waals surface area contributed by atoms with Gasteiger partial charge in [-0.1, -0.05) is 17.8 Å². The van der Waals surface area contributed by atoms with Crippen LogP contribution in [-0.2, 0) is 6.54 Å². The third-order valence-electron chi connectivity index (χ3n) is 2.43. The Kier molecular flexibility index (Phi) is 5.06. The Balaban J connectivity index is 2.05. The predicted molar refractivity (Wildman–Crippen MR) is 87.0 cm³/mol. The van der Waals surface area contributed by atoms with E-state index < -0.39 is 0 Å². The van der Waals surface area contributed by atoms with Crippen molar-refractivity contribution < 1.29 is 0 Å². The van der Waals surface area contributed by atoms with Crippen molar-refractivity contribution in [2.24, 2.45) is 0 Å². The molecule has 102 valence electrons. The van der Waals surface area contributed by atoms with E-state index in [1.54, 1.807) is 23.1 Å². The van der Waals surface area contributed by atoms with Gasteiger partial charge in [-0.3, -0.25) is 0 Å². The molecule has 2 aromatic rings. The van der Waals surface area contributed by atoms with E-state index in [0.29, 0.717) is 0 Å². The fraction of sp³-hybridized carbons (Fsp3) is 0.357. The summed E-state index contributed by atoms with van der Waals surface area (Å²) >= 11 is 7.00. The number of hydrogen-bond donors (Lipinski definition) is 1. The zero-order chi connectivity index (χ0) is 13.9. The number of nitrogens with zero attached hydrogens (tertiary/aromatic N) is 1. The highest BCUT2D eigenvalue weighted by Crippen LogP contribution is 2.34. The summed E-state index contributed by atoms with van der Waals surface area (Å²) in [6.07, 6.45) is 1.84. The Labute approximate surface area is 131 Å². The summed E-state index contributed by atoms with van der Waals surface area (Å²) in [6, 6.07) is 6.49. The minimum atomic E-state index is 0.140. The van der Waals surface area contributed by atoms with Crippen molar-refractivity contribution in [3.05, 3.63) is 39.8 Å². The quantitative estimate of drug-likeness (QED) is 0.839. The van der Waals surface area contributed by atoms with Crippen molar-refractivity contribution in [2.45, 2.75) is 42.1 Å². The minimum absolute atomic E-state index is 0.140. The molecule has 0 amide bonds. The Morgan fingerprint density at radius 2 is 2.16 bits per heavy atom. The third kappa shape index (κ3) is 4.91. The molecule has 1 aromatic heterocycles. The third-order valence-corrected chi connectivity index (χ3v) is 5.30. The second-order valence-corrected chi connectivity index (χ2v) is 8.31. The second kappa shape index (κ2) is 6.39. The van der Waals surface area contributed by atoms with E-state index in [1.165, 1.54) is 10.5 Å². The lowest BCUT2D eigenvalue weighted by Gasteiger charge is -2.20. The van der Waals surface area contributed by atoms with Crippen LogP contribution in [0.1, 0.15) is 26.3 Å². The van der Waals surface area contributed by atoms with Gasteiger partial charge in [0, 0.05) is 33.0 Å². The van der Waals surface area contributed by atoms with E-state index >= 15 is 0 Å². The monoisotopic (exact) mass is 356 g/mol. The highest BCUT2D eigenvalue weighted by atomic mass is 79.9. The summed E-state index contributed by atoms with van der Waals surface area (Å²) in [7, 11) is 0. The van der Waals surface area contributed by atoms with Crippen LogP contribution in [0.3, 0.4) is 0 Å². The van der Waals surface area contributed by atoms with Crippen LogP contribution in [0.5, 0.6) is 0 Å². The van der Waals surface area contributed by atoms with Gasteiger partial charge in [-0.2, -0.15) is 0 Å². The summed E-state index contributed by atoms with van der Waals surface area (Å²) in [4.78, 5) is 5.50. The Morgan fingerprint density at radius 3 is 2.74 bits per heavy atom. The fourth-order valence-corrected chi connectivity index (χ4v) is 3.71. The van der Waals surface area contributed by atoms with Gasteiger partial charge in [-0.25, -0.2) is 4.98 Å². The average molecular weight is 357 g/mol. The maximum Gasteiger partial charge on any atom is 0.154 e. The van der Waals surface area contributed by atoms with Crippen molar-refractivity contribution in [3.8, 4) is 0 Å². The lowest BCUT2D eigenvalue weighted by atomic mass is 10.1. The molecule has 0 spiro atoms. The van der Waals surface area contributed by atoms with E-state index in [2.05, 4.69) is 65.2 Å². The number of nitrogens with one attached hydrogen (secondary N) is 1. The molecule has 1 heterocycles. The maximum absolute atomic E-state index is 4.29. The zero-order valence-corrected chi connectivity index (χ0v) is 14.5. The Hall–Kier alpha value is -0.360. The Bertz CT molecular complexity index is 533. The van der Waals surface area contributed by atoms with Crippen LogP contribution in [0.4, 0.5) is 0 Å². The van der Waals surface area contributed by atoms with Gasteiger partial charge in [-0.15, -0.1) is 11.3 Å². The van der Waals surface area contributed by atoms with Crippen LogP contribution < -0.4 is 5.32 Å². The fourth-order valence-electron chi connectivity index (χ4n) is 1.46. The molecular weight excluding hydrogens is 340 g/mol. The average Bonchev–Trinajstić information content (AvgIpc) is 2.81. The lowest BCUT2D eigenvalue weighted by molar-refractivity contribution is 0.424. The second-order valence-electron chi connectivity index (χ2n) is 5.27. The van der Waals surface area contributed by atoms with Gasteiger partial charge in [0.1, 0.15) is 0 Å². The smallest absolute Gasteiger partial charge is 0.154 e. The summed E-state index contributed by atoms with van der Waals surface area (Å²) in [6.45, 7) is 7.41. The predicted octanol–water partition coefficient (Wildman–Crippen LogP) is 4.94. The number of thiazole rings is 1. The van der Waals surface area contributed by atoms with Crippen molar-refractivity contribution in [1.82, 2.24) is 10.3 Å². The van der Waals surface area contributed by atoms with Gasteiger partial charge in [-0.05, 0) is 54.4 Å². The van der Waals surface area contributed by atoms with Gasteiger partial charge in [0.25, 0.3) is 0 Å². The molecule has 0 unspecified atom stereocenters. The number of aromatic nitrogens is 1. The molecule has 0 aliphatic heterocycles. The van der Waals surface area contributed by atoms with E-state index in [-0.39, 0.29) is 5.54 Å². The standard InChI is InChI=1S/C14H17BrN2S2/c1-14(2,3)17-9-10-4-5-12(11(15)8-10)19-13-16-6-7-18-13/h4-8,17H,9H2,1-3H3. The first-order chi connectivity index (χ1) is 8.94. The molecule has 0 radical (unpaired) electrons. The van der Waals surface area contributed by atoms with Crippen molar-refractivity contribution in [3.63, 3.8) is 0 Å². The van der Waals surface area contributed by atoms with Crippen LogP contribution in [0.2, 0.25) is 0 Å². The topological polar surface area (TPSA) is 24.9 Å². The van der Waals surface area contributed by atoms with Crippen LogP contribution in [0.25, 0.3) is 0 Å². The van der Waals surface area contributed by atoms with Gasteiger partial charge in [0.15, 0.2) is 4.34 Å². The van der Waals surface area contributed by atoms with Crippen molar-refractivity contribution in [2.75, 3.05) is 0 Å². The molecule has 1 aromatic carbocycles. The van der Waals surface area contributed by atoms with E-state index in [1.807, 2.05) is 11.6 Å². The Morgan fingerprint density at radius 1 is 1.37 bits per heavy atom. The van der Waals surface area contributed by atoms with E-state index in [9.17, 15) is 0 Å². The highest BCUT2D eigenvalue weighted by molar-refractivity contribution is 9.10. The molecule has 2 rings (SSSR count). The lowest BCUT2D eigenvalue weighted by Crippen LogP contribution is -2.35. The molecule has 0 bridgehead atoms. The van der Waals surface area contributed by atoms with Gasteiger partial charge >= 0.3 is 0 Å². The van der Waals surface area contributed by atoms with Gasteiger partial charge in [0.05, 0.1) is 0 Å². The van der Waals surface area contributed by atoms with Crippen molar-refractivity contribution in [1.29, 1.82) is 0 Å². The van der Waals surface area contributed by atoms with Gasteiger partial charge in [0.2, 0.25) is 0 Å². The zero-order valence-electron chi connectivity index (χ0n) is 11.2. The van der Waals surface area contributed by atoms with E-state index in [4.69, 9.17) is 0 Å². The summed E-state index contributed by atoms with van der Waals surface area (Å²) in [5, 5.41) is 5.49. The normalized spacial score (nSPS) is 11.8. The SMILES string of the molecule is CC(C)(C)NCc1ccc(Sc2nccs2)c(Br)c1. The number of rotatable bonds is 4. The van der Waals surface area contributed by atoms with Crippen molar-refractivity contribution >= 4 is 39.0 Å². The molecule has 0 fully saturated rings. The first kappa shape index (κ1) is 15.0. The highest BCUT2D eigenvalue weighted by Gasteiger charge is 2.10. The largest absolute Gasteiger partial charge is 0.308 e. The summed E-state index contributed by atoms with van der Waals surface area (Å²) < 4.78 is 2.20. The first-order valence-electron chi connectivity index (χ1n) is 6.05. The van der Waals surface area contributed by atoms with Crippen LogP contribution >= 0.6 is 39.0 Å². The summed E-state index contributed by atoms with van der Waals surface area (Å²) in [5.74, 6) is 0. The molecule has 0 aliphatic rings. The first-order valence-corrected chi connectivity index (χ1v) is 8.54. The molecule has 0 aliphatic carbocycles. The molecule has 1 N–H and O–H groups in total. The van der Waals surface area contributed by atoms with Crippen LogP contribution in [0, 0.1) is 0 Å². The summed E-state index contributed by atoms with van der Waals surface area (Å²) in [5.41, 5.74) is 1.42. The van der Waals surface area contributed by atoms with Crippen LogP contribution in [0.15, 0.2) is 43.5 Å². The number of hydrogen-bond acceptors (Lipinski definition) is 4.